The van der Waals surface area contributed by atoms with Crippen molar-refractivity contribution in [2.45, 2.75) is 12.5 Å². The Balaban J connectivity index is 1.79. The third-order valence-corrected chi connectivity index (χ3v) is 3.52. The van der Waals surface area contributed by atoms with Crippen molar-refractivity contribution in [3.05, 3.63) is 23.8 Å². The summed E-state index contributed by atoms with van der Waals surface area (Å²) in [5.41, 5.74) is 0.647. The molecule has 1 saturated heterocycles. The van der Waals surface area contributed by atoms with E-state index >= 15 is 0 Å². The van der Waals surface area contributed by atoms with Crippen LogP contribution < -0.4 is 14.8 Å². The van der Waals surface area contributed by atoms with Crippen molar-refractivity contribution in [2.24, 2.45) is 0 Å². The summed E-state index contributed by atoms with van der Waals surface area (Å²) in [6, 6.07) is 5.61. The lowest BCUT2D eigenvalue weighted by Crippen LogP contribution is -2.38. The Morgan fingerprint density at radius 3 is 3.00 bits per heavy atom. The molecule has 2 heterocycles. The predicted octanol–water partition coefficient (Wildman–Crippen LogP) is 0.849. The van der Waals surface area contributed by atoms with Crippen LogP contribution in [0, 0.1) is 0 Å². The lowest BCUT2D eigenvalue weighted by Gasteiger charge is -2.23. The van der Waals surface area contributed by atoms with Crippen LogP contribution in [0.15, 0.2) is 18.2 Å². The highest BCUT2D eigenvalue weighted by atomic mass is 16.7. The number of carbonyl (C=O) groups excluding carboxylic acids is 1. The summed E-state index contributed by atoms with van der Waals surface area (Å²) in [6.45, 7) is 2.07. The van der Waals surface area contributed by atoms with Crippen LogP contribution in [-0.4, -0.2) is 43.8 Å². The zero-order valence-corrected chi connectivity index (χ0v) is 10.3. The van der Waals surface area contributed by atoms with Crippen LogP contribution in [0.5, 0.6) is 11.5 Å². The molecule has 96 valence electrons. The first kappa shape index (κ1) is 11.3. The van der Waals surface area contributed by atoms with Gasteiger partial charge in [0, 0.05) is 25.2 Å². The van der Waals surface area contributed by atoms with Crippen molar-refractivity contribution >= 4 is 5.91 Å². The highest BCUT2D eigenvalue weighted by molar-refractivity contribution is 5.95. The third-order valence-electron chi connectivity index (χ3n) is 3.52. The molecular formula is C13H16N2O3. The van der Waals surface area contributed by atoms with E-state index in [9.17, 15) is 4.79 Å². The second kappa shape index (κ2) is 4.49. The van der Waals surface area contributed by atoms with Crippen LogP contribution in [0.3, 0.4) is 0 Å². The zero-order chi connectivity index (χ0) is 12.5. The van der Waals surface area contributed by atoms with E-state index in [2.05, 4.69) is 5.32 Å². The Hall–Kier alpha value is -1.75. The largest absolute Gasteiger partial charge is 0.454 e. The van der Waals surface area contributed by atoms with E-state index in [1.165, 1.54) is 0 Å². The van der Waals surface area contributed by atoms with Gasteiger partial charge in [0.15, 0.2) is 11.5 Å². The first-order chi connectivity index (χ1) is 8.75. The molecule has 5 nitrogen and oxygen atoms in total. The Kier molecular flexibility index (Phi) is 2.83. The van der Waals surface area contributed by atoms with Crippen molar-refractivity contribution in [3.63, 3.8) is 0 Å². The molecule has 2 aliphatic heterocycles. The molecule has 5 heteroatoms. The number of fused-ring (bicyclic) bond motifs is 1. The molecule has 1 amide bonds. The van der Waals surface area contributed by atoms with Gasteiger partial charge in [0.25, 0.3) is 5.91 Å². The van der Waals surface area contributed by atoms with Crippen LogP contribution in [0.4, 0.5) is 0 Å². The molecule has 18 heavy (non-hydrogen) atoms. The van der Waals surface area contributed by atoms with Crippen molar-refractivity contribution in [3.8, 4) is 11.5 Å². The Labute approximate surface area is 106 Å². The standard InChI is InChI=1S/C13H16N2O3/c1-15(10-4-5-14-7-10)13(16)9-2-3-11-12(6-9)18-8-17-11/h2-3,6,10,14H,4-5,7-8H2,1H3/t10-/m0/s1. The molecule has 0 saturated carbocycles. The Morgan fingerprint density at radius 1 is 1.39 bits per heavy atom. The molecular weight excluding hydrogens is 232 g/mol. The van der Waals surface area contributed by atoms with Crippen molar-refractivity contribution < 1.29 is 14.3 Å². The second-order valence-electron chi connectivity index (χ2n) is 4.63. The van der Waals surface area contributed by atoms with Gasteiger partial charge in [-0.25, -0.2) is 0 Å². The fourth-order valence-corrected chi connectivity index (χ4v) is 2.37. The SMILES string of the molecule is CN(C(=O)c1ccc2c(c1)OCO2)[C@H]1CCNC1. The van der Waals surface area contributed by atoms with E-state index < -0.39 is 0 Å². The van der Waals surface area contributed by atoms with Crippen LogP contribution in [0.25, 0.3) is 0 Å². The number of ether oxygens (including phenoxy) is 2. The van der Waals surface area contributed by atoms with Gasteiger partial charge in [0.1, 0.15) is 0 Å². The lowest BCUT2D eigenvalue weighted by atomic mass is 10.1. The summed E-state index contributed by atoms with van der Waals surface area (Å²) in [6.07, 6.45) is 1.01. The van der Waals surface area contributed by atoms with Crippen LogP contribution in [-0.2, 0) is 0 Å². The predicted molar refractivity (Wildman–Crippen MR) is 65.9 cm³/mol. The monoisotopic (exact) mass is 248 g/mol. The molecule has 2 aliphatic rings. The molecule has 0 unspecified atom stereocenters. The maximum absolute atomic E-state index is 12.3. The molecule has 1 N–H and O–H groups in total. The number of nitrogens with zero attached hydrogens (tertiary/aromatic N) is 1. The van der Waals surface area contributed by atoms with Crippen LogP contribution in [0.1, 0.15) is 16.8 Å². The minimum absolute atomic E-state index is 0.0296. The molecule has 0 aliphatic carbocycles. The number of amides is 1. The average Bonchev–Trinajstić information content (AvgIpc) is 3.06. The first-order valence-electron chi connectivity index (χ1n) is 6.13. The Morgan fingerprint density at radius 2 is 2.22 bits per heavy atom. The maximum atomic E-state index is 12.3. The number of rotatable bonds is 2. The van der Waals surface area contributed by atoms with E-state index in [-0.39, 0.29) is 18.7 Å². The molecule has 3 rings (SSSR count). The quantitative estimate of drug-likeness (QED) is 0.843. The van der Waals surface area contributed by atoms with Gasteiger partial charge >= 0.3 is 0 Å². The average molecular weight is 248 g/mol. The van der Waals surface area contributed by atoms with E-state index in [1.807, 2.05) is 7.05 Å². The van der Waals surface area contributed by atoms with E-state index in [0.29, 0.717) is 17.1 Å². The number of benzene rings is 1. The maximum Gasteiger partial charge on any atom is 0.254 e. The third kappa shape index (κ3) is 1.90. The van der Waals surface area contributed by atoms with Crippen molar-refractivity contribution in [1.82, 2.24) is 10.2 Å². The van der Waals surface area contributed by atoms with Gasteiger partial charge in [-0.1, -0.05) is 0 Å². The highest BCUT2D eigenvalue weighted by Gasteiger charge is 2.25. The summed E-state index contributed by atoms with van der Waals surface area (Å²) >= 11 is 0. The second-order valence-corrected chi connectivity index (χ2v) is 4.63. The number of hydrogen-bond acceptors (Lipinski definition) is 4. The van der Waals surface area contributed by atoms with Gasteiger partial charge in [-0.3, -0.25) is 4.79 Å². The smallest absolute Gasteiger partial charge is 0.254 e. The number of hydrogen-bond donors (Lipinski definition) is 1. The van der Waals surface area contributed by atoms with E-state index in [0.717, 1.165) is 19.5 Å². The van der Waals surface area contributed by atoms with Gasteiger partial charge in [0.05, 0.1) is 0 Å². The molecule has 1 atom stereocenters. The fraction of sp³-hybridized carbons (Fsp3) is 0.462. The molecule has 1 fully saturated rings. The van der Waals surface area contributed by atoms with Gasteiger partial charge in [-0.2, -0.15) is 0 Å². The summed E-state index contributed by atoms with van der Waals surface area (Å²) in [5.74, 6) is 1.39. The summed E-state index contributed by atoms with van der Waals surface area (Å²) < 4.78 is 10.5. The zero-order valence-electron chi connectivity index (χ0n) is 10.3. The number of carbonyl (C=O) groups is 1. The lowest BCUT2D eigenvalue weighted by molar-refractivity contribution is 0.0743. The van der Waals surface area contributed by atoms with Gasteiger partial charge in [-0.15, -0.1) is 0 Å². The normalized spacial score (nSPS) is 21.1. The summed E-state index contributed by atoms with van der Waals surface area (Å²) in [4.78, 5) is 14.1. The minimum atomic E-state index is 0.0296. The number of nitrogens with one attached hydrogen (secondary N) is 1. The van der Waals surface area contributed by atoms with Crippen molar-refractivity contribution in [2.75, 3.05) is 26.9 Å². The Bertz CT molecular complexity index is 469. The molecule has 1 aromatic rings. The molecule has 0 bridgehead atoms. The van der Waals surface area contributed by atoms with Gasteiger partial charge in [-0.05, 0) is 31.2 Å². The van der Waals surface area contributed by atoms with Gasteiger partial charge in [0.2, 0.25) is 6.79 Å². The minimum Gasteiger partial charge on any atom is -0.454 e. The molecule has 1 aromatic carbocycles. The van der Waals surface area contributed by atoms with E-state index in [4.69, 9.17) is 9.47 Å². The molecule has 0 radical (unpaired) electrons. The fourth-order valence-electron chi connectivity index (χ4n) is 2.37. The molecule has 0 aromatic heterocycles. The van der Waals surface area contributed by atoms with Crippen molar-refractivity contribution in [1.29, 1.82) is 0 Å². The highest BCUT2D eigenvalue weighted by Crippen LogP contribution is 2.32. The van der Waals surface area contributed by atoms with Gasteiger partial charge < -0.3 is 19.7 Å². The molecule has 0 spiro atoms. The summed E-state index contributed by atoms with van der Waals surface area (Å²) in [5, 5.41) is 3.26. The van der Waals surface area contributed by atoms with Crippen LogP contribution in [0.2, 0.25) is 0 Å². The topological polar surface area (TPSA) is 50.8 Å². The van der Waals surface area contributed by atoms with Crippen LogP contribution >= 0.6 is 0 Å². The first-order valence-corrected chi connectivity index (χ1v) is 6.13. The summed E-state index contributed by atoms with van der Waals surface area (Å²) in [7, 11) is 1.85. The number of likely N-dealkylation sites (N-methyl/N-ethyl adjacent to an activating group) is 1. The van der Waals surface area contributed by atoms with E-state index in [1.54, 1.807) is 23.1 Å².